The number of hydrogen-bond acceptors (Lipinski definition) is 6. The minimum absolute atomic E-state index is 0.181. The van der Waals surface area contributed by atoms with Gasteiger partial charge in [-0.1, -0.05) is 48.5 Å². The number of rotatable bonds is 6. The summed E-state index contributed by atoms with van der Waals surface area (Å²) >= 11 is 0. The molecule has 28 heavy (non-hydrogen) atoms. The number of benzene rings is 2. The zero-order valence-electron chi connectivity index (χ0n) is 16.1. The van der Waals surface area contributed by atoms with Crippen molar-refractivity contribution in [1.82, 2.24) is 10.1 Å². The standard InChI is InChI=1S/C22H26N4O2/c1-2-16-7-9-17(10-8-16)22-24-21(28-25-22)15-23-19-5-3-4-6-20(19)26-13-11-18(27)12-14-26/h3-10,18,23,27H,2,11-15H2,1H3. The molecule has 146 valence electrons. The molecule has 4 rings (SSSR count). The Kier molecular flexibility index (Phi) is 5.58. The van der Waals surface area contributed by atoms with Crippen LogP contribution in [0.15, 0.2) is 53.1 Å². The van der Waals surface area contributed by atoms with Crippen LogP contribution in [0.3, 0.4) is 0 Å². The van der Waals surface area contributed by atoms with Gasteiger partial charge in [-0.15, -0.1) is 0 Å². The van der Waals surface area contributed by atoms with Crippen LogP contribution < -0.4 is 10.2 Å². The molecule has 1 fully saturated rings. The number of hydrogen-bond donors (Lipinski definition) is 2. The van der Waals surface area contributed by atoms with E-state index >= 15 is 0 Å². The van der Waals surface area contributed by atoms with Crippen molar-refractivity contribution in [3.05, 3.63) is 60.0 Å². The first kappa shape index (κ1) is 18.5. The number of aromatic nitrogens is 2. The SMILES string of the molecule is CCc1ccc(-c2noc(CNc3ccccc3N3CCC(O)CC3)n2)cc1. The minimum atomic E-state index is -0.181. The van der Waals surface area contributed by atoms with Crippen molar-refractivity contribution in [2.45, 2.75) is 38.8 Å². The largest absolute Gasteiger partial charge is 0.393 e. The summed E-state index contributed by atoms with van der Waals surface area (Å²) in [6.45, 7) is 4.32. The van der Waals surface area contributed by atoms with Crippen molar-refractivity contribution in [3.8, 4) is 11.4 Å². The highest BCUT2D eigenvalue weighted by Gasteiger charge is 2.19. The number of nitrogens with zero attached hydrogens (tertiary/aromatic N) is 3. The van der Waals surface area contributed by atoms with Crippen molar-refractivity contribution in [2.75, 3.05) is 23.3 Å². The van der Waals surface area contributed by atoms with E-state index in [0.717, 1.165) is 49.3 Å². The predicted octanol–water partition coefficient (Wildman–Crippen LogP) is 3.87. The summed E-state index contributed by atoms with van der Waals surface area (Å²) < 4.78 is 5.43. The molecule has 3 aromatic rings. The Morgan fingerprint density at radius 2 is 1.86 bits per heavy atom. The van der Waals surface area contributed by atoms with E-state index in [0.29, 0.717) is 18.3 Å². The van der Waals surface area contributed by atoms with E-state index < -0.39 is 0 Å². The van der Waals surface area contributed by atoms with Crippen LogP contribution in [0.25, 0.3) is 11.4 Å². The Morgan fingerprint density at radius 1 is 1.11 bits per heavy atom. The molecule has 0 atom stereocenters. The third kappa shape index (κ3) is 4.17. The van der Waals surface area contributed by atoms with Gasteiger partial charge in [0.2, 0.25) is 11.7 Å². The number of aliphatic hydroxyl groups is 1. The maximum atomic E-state index is 9.75. The molecule has 0 radical (unpaired) electrons. The number of aliphatic hydroxyl groups excluding tert-OH is 1. The lowest BCUT2D eigenvalue weighted by Crippen LogP contribution is -2.36. The first-order valence-electron chi connectivity index (χ1n) is 9.90. The molecule has 1 aliphatic heterocycles. The van der Waals surface area contributed by atoms with Gasteiger partial charge in [-0.25, -0.2) is 0 Å². The van der Waals surface area contributed by atoms with Gasteiger partial charge in [0.15, 0.2) is 0 Å². The first-order valence-corrected chi connectivity index (χ1v) is 9.90. The summed E-state index contributed by atoms with van der Waals surface area (Å²) in [4.78, 5) is 6.83. The third-order valence-corrected chi connectivity index (χ3v) is 5.23. The van der Waals surface area contributed by atoms with Gasteiger partial charge in [-0.3, -0.25) is 0 Å². The molecule has 6 nitrogen and oxygen atoms in total. The van der Waals surface area contributed by atoms with Crippen molar-refractivity contribution < 1.29 is 9.63 Å². The lowest BCUT2D eigenvalue weighted by atomic mass is 10.1. The van der Waals surface area contributed by atoms with Gasteiger partial charge < -0.3 is 19.8 Å². The molecule has 1 aromatic heterocycles. The Balaban J connectivity index is 1.43. The number of aryl methyl sites for hydroxylation is 1. The molecule has 0 spiro atoms. The summed E-state index contributed by atoms with van der Waals surface area (Å²) in [6.07, 6.45) is 2.44. The predicted molar refractivity (Wildman–Crippen MR) is 110 cm³/mol. The molecular formula is C22H26N4O2. The van der Waals surface area contributed by atoms with E-state index in [-0.39, 0.29) is 6.10 Å². The van der Waals surface area contributed by atoms with Crippen molar-refractivity contribution in [2.24, 2.45) is 0 Å². The van der Waals surface area contributed by atoms with E-state index in [2.05, 4.69) is 51.5 Å². The summed E-state index contributed by atoms with van der Waals surface area (Å²) in [5.41, 5.74) is 4.42. The smallest absolute Gasteiger partial charge is 0.246 e. The Bertz CT molecular complexity index is 899. The average molecular weight is 378 g/mol. The lowest BCUT2D eigenvalue weighted by molar-refractivity contribution is 0.145. The second-order valence-electron chi connectivity index (χ2n) is 7.15. The van der Waals surface area contributed by atoms with Crippen LogP contribution in [0.1, 0.15) is 31.2 Å². The summed E-state index contributed by atoms with van der Waals surface area (Å²) in [5, 5.41) is 17.3. The zero-order chi connectivity index (χ0) is 19.3. The van der Waals surface area contributed by atoms with Gasteiger partial charge in [0.05, 0.1) is 24.0 Å². The molecule has 0 saturated carbocycles. The van der Waals surface area contributed by atoms with E-state index in [9.17, 15) is 5.11 Å². The second-order valence-corrected chi connectivity index (χ2v) is 7.15. The molecule has 2 N–H and O–H groups in total. The molecule has 2 aromatic carbocycles. The summed E-state index contributed by atoms with van der Waals surface area (Å²) in [6, 6.07) is 16.5. The van der Waals surface area contributed by atoms with Crippen LogP contribution in [0.5, 0.6) is 0 Å². The third-order valence-electron chi connectivity index (χ3n) is 5.23. The van der Waals surface area contributed by atoms with E-state index in [1.54, 1.807) is 0 Å². The Labute approximate surface area is 165 Å². The molecule has 0 aliphatic carbocycles. The highest BCUT2D eigenvalue weighted by molar-refractivity contribution is 5.70. The van der Waals surface area contributed by atoms with Gasteiger partial charge in [0, 0.05) is 18.7 Å². The van der Waals surface area contributed by atoms with Gasteiger partial charge in [-0.05, 0) is 37.0 Å². The quantitative estimate of drug-likeness (QED) is 0.678. The Hall–Kier alpha value is -2.86. The van der Waals surface area contributed by atoms with Crippen LogP contribution in [0, 0.1) is 0 Å². The van der Waals surface area contributed by atoms with E-state index in [1.807, 2.05) is 24.3 Å². The fraction of sp³-hybridized carbons (Fsp3) is 0.364. The zero-order valence-corrected chi connectivity index (χ0v) is 16.1. The van der Waals surface area contributed by atoms with Crippen LogP contribution >= 0.6 is 0 Å². The summed E-state index contributed by atoms with van der Waals surface area (Å²) in [7, 11) is 0. The molecule has 6 heteroatoms. The van der Waals surface area contributed by atoms with Crippen LogP contribution in [0.4, 0.5) is 11.4 Å². The molecule has 0 unspecified atom stereocenters. The maximum absolute atomic E-state index is 9.75. The molecule has 1 saturated heterocycles. The number of piperidine rings is 1. The van der Waals surface area contributed by atoms with Crippen molar-refractivity contribution in [3.63, 3.8) is 0 Å². The number of nitrogens with one attached hydrogen (secondary N) is 1. The molecular weight excluding hydrogens is 352 g/mol. The van der Waals surface area contributed by atoms with Gasteiger partial charge in [-0.2, -0.15) is 4.98 Å². The maximum Gasteiger partial charge on any atom is 0.246 e. The van der Waals surface area contributed by atoms with Gasteiger partial charge >= 0.3 is 0 Å². The van der Waals surface area contributed by atoms with Crippen molar-refractivity contribution >= 4 is 11.4 Å². The van der Waals surface area contributed by atoms with Crippen LogP contribution in [-0.4, -0.2) is 34.4 Å². The highest BCUT2D eigenvalue weighted by Crippen LogP contribution is 2.28. The average Bonchev–Trinajstić information content (AvgIpc) is 3.22. The molecule has 0 amide bonds. The second kappa shape index (κ2) is 8.44. The monoisotopic (exact) mass is 378 g/mol. The molecule has 0 bridgehead atoms. The summed E-state index contributed by atoms with van der Waals surface area (Å²) in [5.74, 6) is 1.16. The molecule has 1 aliphatic rings. The van der Waals surface area contributed by atoms with Gasteiger partial charge in [0.25, 0.3) is 0 Å². The first-order chi connectivity index (χ1) is 13.7. The van der Waals surface area contributed by atoms with E-state index in [1.165, 1.54) is 5.56 Å². The van der Waals surface area contributed by atoms with E-state index in [4.69, 9.17) is 4.52 Å². The van der Waals surface area contributed by atoms with Crippen LogP contribution in [0.2, 0.25) is 0 Å². The van der Waals surface area contributed by atoms with Gasteiger partial charge in [0.1, 0.15) is 0 Å². The highest BCUT2D eigenvalue weighted by atomic mass is 16.5. The minimum Gasteiger partial charge on any atom is -0.393 e. The fourth-order valence-corrected chi connectivity index (χ4v) is 3.51. The van der Waals surface area contributed by atoms with Crippen LogP contribution in [-0.2, 0) is 13.0 Å². The fourth-order valence-electron chi connectivity index (χ4n) is 3.51. The number of para-hydroxylation sites is 2. The van der Waals surface area contributed by atoms with Crippen molar-refractivity contribution in [1.29, 1.82) is 0 Å². The molecule has 2 heterocycles. The topological polar surface area (TPSA) is 74.4 Å². The lowest BCUT2D eigenvalue weighted by Gasteiger charge is -2.32. The Morgan fingerprint density at radius 3 is 2.61 bits per heavy atom. The normalized spacial score (nSPS) is 15.0. The number of anilines is 2.